The van der Waals surface area contributed by atoms with Gasteiger partial charge in [-0.05, 0) is 47.6 Å². The van der Waals surface area contributed by atoms with Crippen LogP contribution >= 0.6 is 11.8 Å². The van der Waals surface area contributed by atoms with Crippen molar-refractivity contribution in [1.29, 1.82) is 0 Å². The van der Waals surface area contributed by atoms with E-state index in [1.165, 1.54) is 17.8 Å². The fraction of sp³-hybridized carbons (Fsp3) is 0.320. The van der Waals surface area contributed by atoms with Crippen molar-refractivity contribution in [3.63, 3.8) is 0 Å². The van der Waals surface area contributed by atoms with Gasteiger partial charge in [-0.15, -0.1) is 0 Å². The van der Waals surface area contributed by atoms with Crippen LogP contribution in [0.1, 0.15) is 30.4 Å². The van der Waals surface area contributed by atoms with E-state index in [1.54, 1.807) is 6.92 Å². The molecule has 2 aromatic rings. The quantitative estimate of drug-likeness (QED) is 0.458. The van der Waals surface area contributed by atoms with E-state index in [9.17, 15) is 19.5 Å². The Bertz CT molecular complexity index is 1010. The summed E-state index contributed by atoms with van der Waals surface area (Å²) >= 11 is 1.52. The predicted molar refractivity (Wildman–Crippen MR) is 129 cm³/mol. The Morgan fingerprint density at radius 1 is 1.09 bits per heavy atom. The number of thioether (sulfide) groups is 1. The summed E-state index contributed by atoms with van der Waals surface area (Å²) in [5, 5.41) is 14.4. The van der Waals surface area contributed by atoms with Gasteiger partial charge < -0.3 is 20.5 Å². The van der Waals surface area contributed by atoms with Crippen LogP contribution in [0, 0.1) is 0 Å². The Labute approximate surface area is 197 Å². The molecule has 3 rings (SSSR count). The van der Waals surface area contributed by atoms with E-state index in [1.807, 2.05) is 30.5 Å². The molecule has 174 valence electrons. The summed E-state index contributed by atoms with van der Waals surface area (Å²) in [6.45, 7) is 1.87. The number of alkyl carbamates (subject to hydrolysis) is 1. The Hall–Kier alpha value is -3.26. The van der Waals surface area contributed by atoms with Crippen molar-refractivity contribution in [2.45, 2.75) is 25.3 Å². The molecule has 0 heterocycles. The molecule has 33 heavy (non-hydrogen) atoms. The lowest BCUT2D eigenvalue weighted by molar-refractivity contribution is -0.141. The molecule has 0 bridgehead atoms. The molecule has 0 aliphatic heterocycles. The van der Waals surface area contributed by atoms with Crippen LogP contribution in [0.2, 0.25) is 0 Å². The van der Waals surface area contributed by atoms with E-state index < -0.39 is 24.0 Å². The minimum absolute atomic E-state index is 0.0274. The fourth-order valence-electron chi connectivity index (χ4n) is 3.79. The van der Waals surface area contributed by atoms with Crippen LogP contribution in [0.25, 0.3) is 11.1 Å². The van der Waals surface area contributed by atoms with Crippen LogP contribution in [-0.2, 0) is 14.3 Å². The number of hydrogen-bond acceptors (Lipinski definition) is 5. The molecule has 1 aliphatic carbocycles. The zero-order chi connectivity index (χ0) is 23.8. The molecular formula is C25H28N2O5S. The van der Waals surface area contributed by atoms with E-state index in [0.29, 0.717) is 17.7 Å². The number of benzene rings is 2. The van der Waals surface area contributed by atoms with Gasteiger partial charge in [-0.1, -0.05) is 54.6 Å². The Kier molecular flexibility index (Phi) is 8.54. The summed E-state index contributed by atoms with van der Waals surface area (Å²) < 4.78 is 5.46. The van der Waals surface area contributed by atoms with E-state index in [4.69, 9.17) is 4.74 Å². The molecule has 1 aliphatic rings. The number of fused-ring (bicyclic) bond motifs is 3. The molecule has 0 unspecified atom stereocenters. The van der Waals surface area contributed by atoms with Crippen molar-refractivity contribution >= 4 is 29.7 Å². The molecule has 0 radical (unpaired) electrons. The first-order valence-electron chi connectivity index (χ1n) is 10.7. The number of nitrogens with one attached hydrogen (secondary N) is 2. The summed E-state index contributed by atoms with van der Waals surface area (Å²) in [6, 6.07) is 15.3. The van der Waals surface area contributed by atoms with Gasteiger partial charge in [-0.25, -0.2) is 9.59 Å². The van der Waals surface area contributed by atoms with Crippen molar-refractivity contribution in [2.24, 2.45) is 0 Å². The maximum Gasteiger partial charge on any atom is 0.407 e. The molecular weight excluding hydrogens is 440 g/mol. The number of carboxylic acid groups (broad SMARTS) is 1. The van der Waals surface area contributed by atoms with Crippen molar-refractivity contribution in [3.05, 3.63) is 71.3 Å². The van der Waals surface area contributed by atoms with Crippen LogP contribution in [0.5, 0.6) is 0 Å². The second kappa shape index (κ2) is 11.6. The Morgan fingerprint density at radius 2 is 1.70 bits per heavy atom. The standard InChI is InChI=1S/C25H28N2O5S/c1-16(23(28)27-22(24(29)30)12-14-33-2)11-13-26-25(31)32-15-21-19-9-5-3-7-17(19)18-8-4-6-10-20(18)21/h3-11,21-22H,12-15H2,1-2H3,(H,26,31)(H,27,28)(H,29,30)/b16-11+/t22-/m0/s1. The lowest BCUT2D eigenvalue weighted by Gasteiger charge is -2.15. The topological polar surface area (TPSA) is 105 Å². The number of ether oxygens (including phenoxy) is 1. The highest BCUT2D eigenvalue weighted by Crippen LogP contribution is 2.44. The van der Waals surface area contributed by atoms with E-state index in [0.717, 1.165) is 22.3 Å². The van der Waals surface area contributed by atoms with Gasteiger partial charge in [0, 0.05) is 18.0 Å². The maximum atomic E-state index is 12.2. The predicted octanol–water partition coefficient (Wildman–Crippen LogP) is 3.79. The molecule has 7 nitrogen and oxygen atoms in total. The lowest BCUT2D eigenvalue weighted by Crippen LogP contribution is -2.41. The van der Waals surface area contributed by atoms with E-state index in [2.05, 4.69) is 34.9 Å². The Balaban J connectivity index is 1.50. The van der Waals surface area contributed by atoms with Gasteiger partial charge in [-0.2, -0.15) is 11.8 Å². The zero-order valence-electron chi connectivity index (χ0n) is 18.7. The molecule has 8 heteroatoms. The second-order valence-electron chi connectivity index (χ2n) is 7.74. The minimum Gasteiger partial charge on any atom is -0.480 e. The van der Waals surface area contributed by atoms with Crippen molar-refractivity contribution < 1.29 is 24.2 Å². The number of carbonyl (C=O) groups excluding carboxylic acids is 2. The average molecular weight is 469 g/mol. The Morgan fingerprint density at radius 3 is 2.27 bits per heavy atom. The van der Waals surface area contributed by atoms with Gasteiger partial charge in [0.2, 0.25) is 5.91 Å². The fourth-order valence-corrected chi connectivity index (χ4v) is 4.27. The first-order valence-corrected chi connectivity index (χ1v) is 12.1. The van der Waals surface area contributed by atoms with Gasteiger partial charge in [0.25, 0.3) is 0 Å². The van der Waals surface area contributed by atoms with E-state index in [-0.39, 0.29) is 19.1 Å². The summed E-state index contributed by atoms with van der Waals surface area (Å²) in [6.07, 6.45) is 3.17. The molecule has 3 N–H and O–H groups in total. The number of aliphatic carboxylic acids is 1. The smallest absolute Gasteiger partial charge is 0.407 e. The molecule has 2 amide bonds. The summed E-state index contributed by atoms with van der Waals surface area (Å²) in [4.78, 5) is 35.7. The number of carbonyl (C=O) groups is 3. The number of amides is 2. The van der Waals surface area contributed by atoms with Crippen LogP contribution in [0.15, 0.2) is 60.2 Å². The van der Waals surface area contributed by atoms with Gasteiger partial charge in [-0.3, -0.25) is 4.79 Å². The largest absolute Gasteiger partial charge is 0.480 e. The molecule has 0 aromatic heterocycles. The third kappa shape index (κ3) is 6.16. The van der Waals surface area contributed by atoms with E-state index >= 15 is 0 Å². The average Bonchev–Trinajstić information content (AvgIpc) is 3.13. The maximum absolute atomic E-state index is 12.2. The third-order valence-electron chi connectivity index (χ3n) is 5.57. The highest BCUT2D eigenvalue weighted by Gasteiger charge is 2.29. The highest BCUT2D eigenvalue weighted by atomic mass is 32.2. The van der Waals surface area contributed by atoms with Crippen molar-refractivity contribution in [3.8, 4) is 11.1 Å². The summed E-state index contributed by atoms with van der Waals surface area (Å²) in [5.74, 6) is -0.941. The molecule has 0 saturated heterocycles. The number of hydrogen-bond donors (Lipinski definition) is 3. The molecule has 1 atom stereocenters. The highest BCUT2D eigenvalue weighted by molar-refractivity contribution is 7.98. The van der Waals surface area contributed by atoms with Gasteiger partial charge in [0.1, 0.15) is 12.6 Å². The van der Waals surface area contributed by atoms with Crippen molar-refractivity contribution in [1.82, 2.24) is 10.6 Å². The molecule has 2 aromatic carbocycles. The van der Waals surface area contributed by atoms with Gasteiger partial charge >= 0.3 is 12.1 Å². The molecule has 0 spiro atoms. The number of rotatable bonds is 10. The van der Waals surface area contributed by atoms with Crippen LogP contribution in [0.4, 0.5) is 4.79 Å². The zero-order valence-corrected chi connectivity index (χ0v) is 19.5. The minimum atomic E-state index is -1.07. The molecule has 0 saturated carbocycles. The van der Waals surface area contributed by atoms with Gasteiger partial charge in [0.15, 0.2) is 0 Å². The normalized spacial score (nSPS) is 13.6. The second-order valence-corrected chi connectivity index (χ2v) is 8.72. The first-order chi connectivity index (χ1) is 15.9. The SMILES string of the molecule is CSCC[C@H](NC(=O)/C(C)=C/CNC(=O)OCC1c2ccccc2-c2ccccc21)C(=O)O. The van der Waals surface area contributed by atoms with Crippen LogP contribution < -0.4 is 10.6 Å². The van der Waals surface area contributed by atoms with Gasteiger partial charge in [0.05, 0.1) is 0 Å². The molecule has 0 fully saturated rings. The monoisotopic (exact) mass is 468 g/mol. The summed E-state index contributed by atoms with van der Waals surface area (Å²) in [7, 11) is 0. The van der Waals surface area contributed by atoms with Crippen molar-refractivity contribution in [2.75, 3.05) is 25.2 Å². The van der Waals surface area contributed by atoms with Crippen LogP contribution in [0.3, 0.4) is 0 Å². The summed E-state index contributed by atoms with van der Waals surface area (Å²) in [5.41, 5.74) is 4.90. The number of carboxylic acids is 1. The first kappa shape index (κ1) is 24.4. The lowest BCUT2D eigenvalue weighted by atomic mass is 9.98. The third-order valence-corrected chi connectivity index (χ3v) is 6.21. The van der Waals surface area contributed by atoms with Crippen LogP contribution in [-0.4, -0.2) is 54.3 Å².